The molecule has 1 aromatic carbocycles. The van der Waals surface area contributed by atoms with Crippen LogP contribution in [0.5, 0.6) is 5.75 Å². The van der Waals surface area contributed by atoms with Crippen molar-refractivity contribution in [3.05, 3.63) is 47.8 Å². The number of hydrogen-bond donors (Lipinski definition) is 1. The van der Waals surface area contributed by atoms with Crippen molar-refractivity contribution >= 4 is 34.6 Å². The number of nitrogens with two attached hydrogens (primary N) is 1. The molecule has 1 aliphatic carbocycles. The van der Waals surface area contributed by atoms with Crippen molar-refractivity contribution < 1.29 is 22.7 Å². The number of nitrogens with zero attached hydrogens (tertiary/aromatic N) is 4. The number of carbonyl (C=O) groups excluding carboxylic acids is 1. The smallest absolute Gasteiger partial charge is 0.418 e. The van der Waals surface area contributed by atoms with Gasteiger partial charge in [0.2, 0.25) is 0 Å². The Balaban J connectivity index is 1.45. The first kappa shape index (κ1) is 24.0. The molecule has 2 aromatic rings. The summed E-state index contributed by atoms with van der Waals surface area (Å²) in [4.78, 5) is 22.6. The normalized spacial score (nSPS) is 22.3. The predicted molar refractivity (Wildman–Crippen MR) is 129 cm³/mol. The average molecular weight is 506 g/mol. The summed E-state index contributed by atoms with van der Waals surface area (Å²) in [5.41, 5.74) is 4.00. The molecule has 7 nitrogen and oxygen atoms in total. The van der Waals surface area contributed by atoms with Crippen LogP contribution in [0.2, 0.25) is 0 Å². The van der Waals surface area contributed by atoms with E-state index in [1.807, 2.05) is 24.3 Å². The quantitative estimate of drug-likeness (QED) is 0.621. The fraction of sp³-hybridized carbons (Fsp3) is 0.458. The molecule has 0 unspecified atom stereocenters. The van der Waals surface area contributed by atoms with Gasteiger partial charge in [0.15, 0.2) is 5.11 Å². The Morgan fingerprint density at radius 3 is 2.49 bits per heavy atom. The zero-order valence-electron chi connectivity index (χ0n) is 19.2. The van der Waals surface area contributed by atoms with Crippen molar-refractivity contribution in [1.29, 1.82) is 0 Å². The Bertz CT molecular complexity index is 1150. The van der Waals surface area contributed by atoms with Gasteiger partial charge in [-0.2, -0.15) is 13.2 Å². The van der Waals surface area contributed by atoms with Gasteiger partial charge in [-0.3, -0.25) is 14.7 Å². The number of benzene rings is 1. The number of alkyl halides is 3. The standard InChI is InChI=1S/C24H26F3N5O2S/c1-30-10-7-18(14-30)34-17-5-3-15(4-6-17)32-22(35)31(21(33)23(32)8-2-9-23)16-11-19(24(25,26)27)20(12-28)29-13-16/h3-6,11,13,18H,2,7-10,12,14,28H2,1H3/t18-/m1/s1. The van der Waals surface area contributed by atoms with Gasteiger partial charge in [0.25, 0.3) is 5.91 Å². The highest BCUT2D eigenvalue weighted by Crippen LogP contribution is 2.48. The molecule has 5 rings (SSSR count). The van der Waals surface area contributed by atoms with E-state index in [1.165, 1.54) is 11.1 Å². The number of likely N-dealkylation sites (tertiary alicyclic amines) is 1. The minimum atomic E-state index is -4.65. The summed E-state index contributed by atoms with van der Waals surface area (Å²) in [6.45, 7) is 1.49. The number of likely N-dealkylation sites (N-methyl/N-ethyl adjacent to an activating group) is 1. The van der Waals surface area contributed by atoms with E-state index in [-0.39, 0.29) is 35.0 Å². The zero-order valence-corrected chi connectivity index (χ0v) is 20.0. The number of amides is 1. The number of thiocarbonyl (C=S) groups is 1. The minimum absolute atomic E-state index is 0.0105. The third kappa shape index (κ3) is 4.05. The van der Waals surface area contributed by atoms with Crippen LogP contribution >= 0.6 is 12.2 Å². The Kier molecular flexibility index (Phi) is 5.97. The fourth-order valence-corrected chi connectivity index (χ4v) is 5.55. The van der Waals surface area contributed by atoms with E-state index in [4.69, 9.17) is 22.7 Å². The first-order chi connectivity index (χ1) is 16.6. The molecule has 11 heteroatoms. The summed E-state index contributed by atoms with van der Waals surface area (Å²) in [5.74, 6) is 0.389. The number of halogens is 3. The van der Waals surface area contributed by atoms with E-state index >= 15 is 0 Å². The Morgan fingerprint density at radius 1 is 1.23 bits per heavy atom. The van der Waals surface area contributed by atoms with E-state index in [9.17, 15) is 18.0 Å². The van der Waals surface area contributed by atoms with Crippen molar-refractivity contribution in [3.63, 3.8) is 0 Å². The van der Waals surface area contributed by atoms with Crippen molar-refractivity contribution in [2.75, 3.05) is 29.9 Å². The van der Waals surface area contributed by atoms with E-state index in [2.05, 4.69) is 16.9 Å². The maximum atomic E-state index is 13.6. The Morgan fingerprint density at radius 2 is 1.94 bits per heavy atom. The Hall–Kier alpha value is -2.76. The maximum Gasteiger partial charge on any atom is 0.418 e. The molecule has 1 amide bonds. The van der Waals surface area contributed by atoms with Crippen LogP contribution in [-0.4, -0.2) is 52.7 Å². The molecule has 1 saturated carbocycles. The molecule has 2 N–H and O–H groups in total. The highest BCUT2D eigenvalue weighted by Gasteiger charge is 2.59. The van der Waals surface area contributed by atoms with Crippen LogP contribution in [0.4, 0.5) is 24.5 Å². The minimum Gasteiger partial charge on any atom is -0.489 e. The van der Waals surface area contributed by atoms with Gasteiger partial charge in [-0.25, -0.2) is 0 Å². The molecule has 1 aromatic heterocycles. The van der Waals surface area contributed by atoms with Crippen LogP contribution in [0.15, 0.2) is 36.5 Å². The molecule has 2 saturated heterocycles. The summed E-state index contributed by atoms with van der Waals surface area (Å²) in [7, 11) is 2.05. The third-order valence-corrected chi connectivity index (χ3v) is 7.42. The summed E-state index contributed by atoms with van der Waals surface area (Å²) < 4.78 is 46.9. The Labute approximate surface area is 206 Å². The number of ether oxygens (including phenoxy) is 1. The van der Waals surface area contributed by atoms with Crippen LogP contribution in [-0.2, 0) is 17.5 Å². The fourth-order valence-electron chi connectivity index (χ4n) is 5.08. The van der Waals surface area contributed by atoms with Gasteiger partial charge < -0.3 is 20.3 Å². The second kappa shape index (κ2) is 8.72. The first-order valence-corrected chi connectivity index (χ1v) is 11.9. The van der Waals surface area contributed by atoms with Gasteiger partial charge in [0.05, 0.1) is 23.1 Å². The van der Waals surface area contributed by atoms with Gasteiger partial charge in [-0.05, 0) is 75.3 Å². The SMILES string of the molecule is CN1CC[C@@H](Oc2ccc(N3C(=S)N(c4cnc(CN)c(C(F)(F)F)c4)C(=O)C34CCC4)cc2)C1. The van der Waals surface area contributed by atoms with Crippen molar-refractivity contribution in [2.45, 2.75) is 50.0 Å². The molecular formula is C24H26F3N5O2S. The summed E-state index contributed by atoms with van der Waals surface area (Å²) >= 11 is 5.67. The monoisotopic (exact) mass is 505 g/mol. The second-order valence-corrected chi connectivity index (χ2v) is 9.68. The predicted octanol–water partition coefficient (Wildman–Crippen LogP) is 3.70. The molecule has 3 aliphatic rings. The van der Waals surface area contributed by atoms with Gasteiger partial charge >= 0.3 is 6.18 Å². The lowest BCUT2D eigenvalue weighted by atomic mass is 9.75. The molecule has 0 bridgehead atoms. The van der Waals surface area contributed by atoms with Crippen LogP contribution in [0, 0.1) is 0 Å². The van der Waals surface area contributed by atoms with Gasteiger partial charge in [0.1, 0.15) is 17.4 Å². The topological polar surface area (TPSA) is 74.9 Å². The van der Waals surface area contributed by atoms with Gasteiger partial charge in [-0.1, -0.05) is 0 Å². The number of pyridine rings is 1. The average Bonchev–Trinajstić information content (AvgIpc) is 3.30. The highest BCUT2D eigenvalue weighted by molar-refractivity contribution is 7.81. The number of hydrogen-bond acceptors (Lipinski definition) is 6. The lowest BCUT2D eigenvalue weighted by Gasteiger charge is -2.43. The summed E-state index contributed by atoms with van der Waals surface area (Å²) in [5, 5.41) is 0.135. The molecular weight excluding hydrogens is 479 g/mol. The van der Waals surface area contributed by atoms with E-state index in [1.54, 1.807) is 4.90 Å². The maximum absolute atomic E-state index is 13.6. The first-order valence-electron chi connectivity index (χ1n) is 11.5. The molecule has 186 valence electrons. The van der Waals surface area contributed by atoms with Crippen LogP contribution in [0.25, 0.3) is 0 Å². The van der Waals surface area contributed by atoms with Crippen molar-refractivity contribution in [3.8, 4) is 5.75 Å². The van der Waals surface area contributed by atoms with E-state index in [0.29, 0.717) is 18.5 Å². The molecule has 3 fully saturated rings. The number of anilines is 2. The van der Waals surface area contributed by atoms with Crippen molar-refractivity contribution in [1.82, 2.24) is 9.88 Å². The van der Waals surface area contributed by atoms with Crippen molar-refractivity contribution in [2.24, 2.45) is 5.73 Å². The number of rotatable bonds is 5. The molecule has 1 atom stereocenters. The van der Waals surface area contributed by atoms with Crippen LogP contribution in [0.1, 0.15) is 36.9 Å². The molecule has 2 aliphatic heterocycles. The van der Waals surface area contributed by atoms with E-state index < -0.39 is 17.3 Å². The lowest BCUT2D eigenvalue weighted by molar-refractivity contribution is -0.138. The number of carbonyl (C=O) groups is 1. The second-order valence-electron chi connectivity index (χ2n) is 9.32. The molecule has 3 heterocycles. The summed E-state index contributed by atoms with van der Waals surface area (Å²) in [6.07, 6.45) is -0.385. The highest BCUT2D eigenvalue weighted by atomic mass is 32.1. The van der Waals surface area contributed by atoms with Crippen LogP contribution in [0.3, 0.4) is 0 Å². The summed E-state index contributed by atoms with van der Waals surface area (Å²) in [6, 6.07) is 8.27. The molecule has 0 radical (unpaired) electrons. The lowest BCUT2D eigenvalue weighted by Crippen LogP contribution is -2.55. The van der Waals surface area contributed by atoms with Crippen LogP contribution < -0.4 is 20.3 Å². The third-order valence-electron chi connectivity index (χ3n) is 7.05. The van der Waals surface area contributed by atoms with Gasteiger partial charge in [-0.15, -0.1) is 0 Å². The number of aromatic nitrogens is 1. The van der Waals surface area contributed by atoms with Gasteiger partial charge in [0, 0.05) is 25.3 Å². The largest absolute Gasteiger partial charge is 0.489 e. The molecule has 35 heavy (non-hydrogen) atoms. The molecule has 1 spiro atoms. The zero-order chi connectivity index (χ0) is 25.0. The van der Waals surface area contributed by atoms with E-state index in [0.717, 1.165) is 37.7 Å².